The third-order valence-corrected chi connectivity index (χ3v) is 3.43. The van der Waals surface area contributed by atoms with Crippen LogP contribution in [0.2, 0.25) is 0 Å². The van der Waals surface area contributed by atoms with Gasteiger partial charge in [-0.25, -0.2) is 0 Å². The predicted molar refractivity (Wildman–Crippen MR) is 51.1 cm³/mol. The smallest absolute Gasteiger partial charge is 0.227 e. The first kappa shape index (κ1) is 9.00. The summed E-state index contributed by atoms with van der Waals surface area (Å²) in [6.45, 7) is 1.39. The van der Waals surface area contributed by atoms with Gasteiger partial charge in [0.05, 0.1) is 5.41 Å². The van der Waals surface area contributed by atoms with Crippen molar-refractivity contribution in [3.8, 4) is 0 Å². The van der Waals surface area contributed by atoms with Crippen LogP contribution in [0, 0.1) is 11.3 Å². The van der Waals surface area contributed by atoms with Crippen molar-refractivity contribution in [3.63, 3.8) is 0 Å². The molecule has 0 unspecified atom stereocenters. The second-order valence-corrected chi connectivity index (χ2v) is 4.49. The van der Waals surface area contributed by atoms with E-state index in [9.17, 15) is 4.79 Å². The minimum atomic E-state index is -0.186. The molecule has 0 atom stereocenters. The third-order valence-electron chi connectivity index (χ3n) is 3.43. The van der Waals surface area contributed by atoms with Crippen LogP contribution in [-0.2, 0) is 4.79 Å². The van der Waals surface area contributed by atoms with Crippen molar-refractivity contribution >= 4 is 5.91 Å². The Morgan fingerprint density at radius 3 is 2.54 bits per heavy atom. The molecule has 2 aliphatic rings. The first-order chi connectivity index (χ1) is 6.27. The summed E-state index contributed by atoms with van der Waals surface area (Å²) in [6.07, 6.45) is 5.71. The molecule has 0 spiro atoms. The Morgan fingerprint density at radius 1 is 1.46 bits per heavy atom. The molecule has 0 aliphatic heterocycles. The quantitative estimate of drug-likeness (QED) is 0.670. The fraction of sp³-hybridized carbons (Fsp3) is 0.900. The minimum Gasteiger partial charge on any atom is -0.355 e. The highest BCUT2D eigenvalue weighted by Gasteiger charge is 2.42. The SMILES string of the molecule is NCC1(C(=O)NCC2CC2)CCC1. The summed E-state index contributed by atoms with van der Waals surface area (Å²) in [5, 5.41) is 3.02. The Balaban J connectivity index is 1.79. The van der Waals surface area contributed by atoms with Gasteiger partial charge in [-0.2, -0.15) is 0 Å². The molecule has 74 valence electrons. The molecular weight excluding hydrogens is 164 g/mol. The topological polar surface area (TPSA) is 55.1 Å². The lowest BCUT2D eigenvalue weighted by atomic mass is 9.68. The van der Waals surface area contributed by atoms with E-state index >= 15 is 0 Å². The maximum Gasteiger partial charge on any atom is 0.227 e. The highest BCUT2D eigenvalue weighted by molar-refractivity contribution is 5.83. The number of carbonyl (C=O) groups excluding carboxylic acids is 1. The van der Waals surface area contributed by atoms with Crippen LogP contribution in [0.4, 0.5) is 0 Å². The van der Waals surface area contributed by atoms with E-state index < -0.39 is 0 Å². The van der Waals surface area contributed by atoms with Gasteiger partial charge in [-0.15, -0.1) is 0 Å². The second-order valence-electron chi connectivity index (χ2n) is 4.49. The summed E-state index contributed by atoms with van der Waals surface area (Å²) in [5.41, 5.74) is 5.45. The van der Waals surface area contributed by atoms with Crippen molar-refractivity contribution < 1.29 is 4.79 Å². The van der Waals surface area contributed by atoms with E-state index in [0.717, 1.165) is 31.7 Å². The van der Waals surface area contributed by atoms with E-state index in [2.05, 4.69) is 5.32 Å². The van der Waals surface area contributed by atoms with E-state index in [1.807, 2.05) is 0 Å². The summed E-state index contributed by atoms with van der Waals surface area (Å²) >= 11 is 0. The van der Waals surface area contributed by atoms with E-state index in [-0.39, 0.29) is 11.3 Å². The molecule has 2 fully saturated rings. The van der Waals surface area contributed by atoms with E-state index in [0.29, 0.717) is 6.54 Å². The third kappa shape index (κ3) is 1.70. The molecule has 2 saturated carbocycles. The van der Waals surface area contributed by atoms with Crippen molar-refractivity contribution in [3.05, 3.63) is 0 Å². The Labute approximate surface area is 79.1 Å². The Kier molecular flexibility index (Phi) is 2.28. The van der Waals surface area contributed by atoms with Crippen LogP contribution in [0.15, 0.2) is 0 Å². The number of hydrogen-bond donors (Lipinski definition) is 2. The van der Waals surface area contributed by atoms with Crippen LogP contribution in [0.5, 0.6) is 0 Å². The maximum atomic E-state index is 11.7. The first-order valence-corrected chi connectivity index (χ1v) is 5.25. The average Bonchev–Trinajstić information content (AvgIpc) is 2.82. The van der Waals surface area contributed by atoms with Gasteiger partial charge in [0.1, 0.15) is 0 Å². The summed E-state index contributed by atoms with van der Waals surface area (Å²) in [6, 6.07) is 0. The Bertz CT molecular complexity index is 201. The number of carbonyl (C=O) groups is 1. The molecule has 0 bridgehead atoms. The molecule has 0 heterocycles. The van der Waals surface area contributed by atoms with Crippen LogP contribution in [-0.4, -0.2) is 19.0 Å². The van der Waals surface area contributed by atoms with Crippen molar-refractivity contribution in [1.29, 1.82) is 0 Å². The lowest BCUT2D eigenvalue weighted by Gasteiger charge is -2.39. The van der Waals surface area contributed by atoms with Crippen LogP contribution >= 0.6 is 0 Å². The minimum absolute atomic E-state index is 0.186. The zero-order chi connectivity index (χ0) is 9.31. The summed E-state index contributed by atoms with van der Waals surface area (Å²) < 4.78 is 0. The molecule has 0 saturated heterocycles. The van der Waals surface area contributed by atoms with Crippen LogP contribution < -0.4 is 11.1 Å². The van der Waals surface area contributed by atoms with Crippen molar-refractivity contribution in [1.82, 2.24) is 5.32 Å². The number of rotatable bonds is 4. The Hall–Kier alpha value is -0.570. The van der Waals surface area contributed by atoms with E-state index in [1.54, 1.807) is 0 Å². The molecule has 1 amide bonds. The van der Waals surface area contributed by atoms with Gasteiger partial charge < -0.3 is 11.1 Å². The second kappa shape index (κ2) is 3.29. The van der Waals surface area contributed by atoms with E-state index in [1.165, 1.54) is 12.8 Å². The molecule has 3 heteroatoms. The van der Waals surface area contributed by atoms with Crippen molar-refractivity contribution in [2.75, 3.05) is 13.1 Å². The molecular formula is C10H18N2O. The molecule has 2 aliphatic carbocycles. The number of amides is 1. The molecule has 0 aromatic heterocycles. The van der Waals surface area contributed by atoms with Gasteiger partial charge in [0, 0.05) is 13.1 Å². The predicted octanol–water partition coefficient (Wildman–Crippen LogP) is 0.642. The first-order valence-electron chi connectivity index (χ1n) is 5.25. The molecule has 0 aromatic carbocycles. The lowest BCUT2D eigenvalue weighted by molar-refractivity contribution is -0.135. The molecule has 2 rings (SSSR count). The Morgan fingerprint density at radius 2 is 2.15 bits per heavy atom. The summed E-state index contributed by atoms with van der Waals surface area (Å²) in [5.74, 6) is 0.965. The maximum absolute atomic E-state index is 11.7. The van der Waals surface area contributed by atoms with Crippen molar-refractivity contribution in [2.45, 2.75) is 32.1 Å². The number of hydrogen-bond acceptors (Lipinski definition) is 2. The zero-order valence-electron chi connectivity index (χ0n) is 8.01. The highest BCUT2D eigenvalue weighted by atomic mass is 16.2. The van der Waals surface area contributed by atoms with Crippen molar-refractivity contribution in [2.24, 2.45) is 17.1 Å². The van der Waals surface area contributed by atoms with Gasteiger partial charge in [0.15, 0.2) is 0 Å². The summed E-state index contributed by atoms with van der Waals surface area (Å²) in [4.78, 5) is 11.7. The highest BCUT2D eigenvalue weighted by Crippen LogP contribution is 2.40. The lowest BCUT2D eigenvalue weighted by Crippen LogP contribution is -2.50. The van der Waals surface area contributed by atoms with Crippen LogP contribution in [0.25, 0.3) is 0 Å². The van der Waals surface area contributed by atoms with Crippen LogP contribution in [0.1, 0.15) is 32.1 Å². The normalized spacial score (nSPS) is 25.0. The van der Waals surface area contributed by atoms with Crippen LogP contribution in [0.3, 0.4) is 0 Å². The zero-order valence-corrected chi connectivity index (χ0v) is 8.01. The molecule has 3 N–H and O–H groups in total. The largest absolute Gasteiger partial charge is 0.355 e. The molecule has 0 radical (unpaired) electrons. The number of nitrogens with two attached hydrogens (primary N) is 1. The molecule has 0 aromatic rings. The standard InChI is InChI=1S/C10H18N2O/c11-7-10(4-1-5-10)9(13)12-6-8-2-3-8/h8H,1-7,11H2,(H,12,13). The van der Waals surface area contributed by atoms with Gasteiger partial charge in [-0.05, 0) is 31.6 Å². The van der Waals surface area contributed by atoms with E-state index in [4.69, 9.17) is 5.73 Å². The molecule has 13 heavy (non-hydrogen) atoms. The monoisotopic (exact) mass is 182 g/mol. The van der Waals surface area contributed by atoms with Gasteiger partial charge in [-0.3, -0.25) is 4.79 Å². The van der Waals surface area contributed by atoms with Gasteiger partial charge in [-0.1, -0.05) is 6.42 Å². The average molecular weight is 182 g/mol. The van der Waals surface area contributed by atoms with Gasteiger partial charge >= 0.3 is 0 Å². The van der Waals surface area contributed by atoms with Gasteiger partial charge in [0.25, 0.3) is 0 Å². The molecule has 3 nitrogen and oxygen atoms in total. The fourth-order valence-electron chi connectivity index (χ4n) is 1.87. The number of nitrogens with one attached hydrogen (secondary N) is 1. The summed E-state index contributed by atoms with van der Waals surface area (Å²) in [7, 11) is 0. The van der Waals surface area contributed by atoms with Gasteiger partial charge in [0.2, 0.25) is 5.91 Å². The fourth-order valence-corrected chi connectivity index (χ4v) is 1.87.